The molecule has 0 saturated heterocycles. The van der Waals surface area contributed by atoms with Crippen LogP contribution >= 0.6 is 11.6 Å². The monoisotopic (exact) mass is 328 g/mol. The summed E-state index contributed by atoms with van der Waals surface area (Å²) in [7, 11) is 0. The third-order valence-electron chi connectivity index (χ3n) is 2.86. The van der Waals surface area contributed by atoms with Crippen LogP contribution in [-0.2, 0) is 0 Å². The molecule has 0 aromatic heterocycles. The molecule has 0 fully saturated rings. The largest absolute Gasteiger partial charge is 0.490 e. The molecular weight excluding hydrogens is 304 g/mol. The number of carbonyl (C=O) groups is 1. The zero-order valence-electron chi connectivity index (χ0n) is 13.5. The van der Waals surface area contributed by atoms with Crippen molar-refractivity contribution < 1.29 is 14.3 Å². The molecule has 0 aliphatic heterocycles. The Morgan fingerprint density at radius 3 is 2.59 bits per heavy atom. The van der Waals surface area contributed by atoms with E-state index >= 15 is 0 Å². The second-order valence-corrected chi connectivity index (χ2v) is 5.08. The molecule has 0 aliphatic carbocycles. The number of carbonyl (C=O) groups excluding carboxylic acids is 1. The van der Waals surface area contributed by atoms with Gasteiger partial charge in [0.15, 0.2) is 11.5 Å². The van der Waals surface area contributed by atoms with E-state index in [1.54, 1.807) is 12.1 Å². The number of benzene rings is 1. The second-order valence-electron chi connectivity index (χ2n) is 4.68. The molecule has 0 unspecified atom stereocenters. The zero-order chi connectivity index (χ0) is 16.4. The molecule has 1 rings (SSSR count). The fourth-order valence-electron chi connectivity index (χ4n) is 1.85. The fourth-order valence-corrected chi connectivity index (χ4v) is 2.11. The van der Waals surface area contributed by atoms with Gasteiger partial charge in [0.25, 0.3) is 5.91 Å². The molecule has 1 aromatic carbocycles. The van der Waals surface area contributed by atoms with Crippen LogP contribution in [0.2, 0.25) is 5.02 Å². The van der Waals surface area contributed by atoms with E-state index in [-0.39, 0.29) is 5.91 Å². The van der Waals surface area contributed by atoms with Crippen LogP contribution in [0.4, 0.5) is 0 Å². The minimum Gasteiger partial charge on any atom is -0.490 e. The van der Waals surface area contributed by atoms with Gasteiger partial charge in [0.2, 0.25) is 0 Å². The summed E-state index contributed by atoms with van der Waals surface area (Å²) >= 11 is 6.24. The smallest absolute Gasteiger partial charge is 0.251 e. The molecule has 0 atom stereocenters. The predicted molar refractivity (Wildman–Crippen MR) is 89.3 cm³/mol. The number of likely N-dealkylation sites (N-methyl/N-ethyl adjacent to an activating group) is 1. The highest BCUT2D eigenvalue weighted by atomic mass is 35.5. The molecular formula is C16H25ClN2O3. The number of amides is 1. The first-order chi connectivity index (χ1) is 10.6. The van der Waals surface area contributed by atoms with Gasteiger partial charge in [-0.1, -0.05) is 25.4 Å². The van der Waals surface area contributed by atoms with E-state index in [2.05, 4.69) is 10.6 Å². The third kappa shape index (κ3) is 5.73. The lowest BCUT2D eigenvalue weighted by molar-refractivity contribution is 0.0953. The van der Waals surface area contributed by atoms with Crippen molar-refractivity contribution in [1.82, 2.24) is 10.6 Å². The fraction of sp³-hybridized carbons (Fsp3) is 0.562. The van der Waals surface area contributed by atoms with Gasteiger partial charge in [-0.15, -0.1) is 0 Å². The molecule has 0 aliphatic rings. The summed E-state index contributed by atoms with van der Waals surface area (Å²) < 4.78 is 11.2. The Morgan fingerprint density at radius 1 is 1.18 bits per heavy atom. The Morgan fingerprint density at radius 2 is 1.95 bits per heavy atom. The van der Waals surface area contributed by atoms with Crippen molar-refractivity contribution in [2.24, 2.45) is 0 Å². The van der Waals surface area contributed by atoms with Gasteiger partial charge in [-0.2, -0.15) is 0 Å². The molecule has 0 spiro atoms. The SMILES string of the molecule is CCCOc1c(Cl)cc(C(=O)NCCNCC)cc1OCC. The van der Waals surface area contributed by atoms with E-state index in [0.717, 1.165) is 19.5 Å². The predicted octanol–water partition coefficient (Wildman–Crippen LogP) is 2.87. The summed E-state index contributed by atoms with van der Waals surface area (Å²) in [5.41, 5.74) is 0.466. The molecule has 124 valence electrons. The maximum atomic E-state index is 12.1. The van der Waals surface area contributed by atoms with Crippen molar-refractivity contribution in [2.45, 2.75) is 27.2 Å². The highest BCUT2D eigenvalue weighted by molar-refractivity contribution is 6.32. The van der Waals surface area contributed by atoms with E-state index in [1.165, 1.54) is 0 Å². The molecule has 0 bridgehead atoms. The van der Waals surface area contributed by atoms with Crippen molar-refractivity contribution in [3.05, 3.63) is 22.7 Å². The van der Waals surface area contributed by atoms with Crippen LogP contribution in [0.25, 0.3) is 0 Å². The standard InChI is InChI=1S/C16H25ClN2O3/c1-4-9-22-15-13(17)10-12(11-14(15)21-6-3)16(20)19-8-7-18-5-2/h10-11,18H,4-9H2,1-3H3,(H,19,20). The first kappa shape index (κ1) is 18.6. The van der Waals surface area contributed by atoms with E-state index in [9.17, 15) is 4.79 Å². The van der Waals surface area contributed by atoms with Gasteiger partial charge in [0.05, 0.1) is 18.2 Å². The Kier molecular flexibility index (Phi) is 8.70. The van der Waals surface area contributed by atoms with Crippen LogP contribution in [-0.4, -0.2) is 38.8 Å². The topological polar surface area (TPSA) is 59.6 Å². The lowest BCUT2D eigenvalue weighted by Gasteiger charge is -2.15. The Hall–Kier alpha value is -1.46. The molecule has 1 aromatic rings. The highest BCUT2D eigenvalue weighted by Gasteiger charge is 2.16. The first-order valence-corrected chi connectivity index (χ1v) is 8.09. The van der Waals surface area contributed by atoms with Crippen LogP contribution in [0.15, 0.2) is 12.1 Å². The number of ether oxygens (including phenoxy) is 2. The van der Waals surface area contributed by atoms with Crippen LogP contribution in [0, 0.1) is 0 Å². The van der Waals surface area contributed by atoms with Crippen molar-refractivity contribution >= 4 is 17.5 Å². The minimum absolute atomic E-state index is 0.178. The van der Waals surface area contributed by atoms with Gasteiger partial charge < -0.3 is 20.1 Å². The average molecular weight is 329 g/mol. The Labute approximate surface area is 137 Å². The molecule has 22 heavy (non-hydrogen) atoms. The van der Waals surface area contributed by atoms with Gasteiger partial charge in [0, 0.05) is 18.7 Å². The molecule has 5 nitrogen and oxygen atoms in total. The summed E-state index contributed by atoms with van der Waals surface area (Å²) in [6, 6.07) is 3.28. The normalized spacial score (nSPS) is 10.4. The Bertz CT molecular complexity index is 481. The maximum absolute atomic E-state index is 12.1. The van der Waals surface area contributed by atoms with Crippen LogP contribution in [0.5, 0.6) is 11.5 Å². The Balaban J connectivity index is 2.85. The molecule has 0 saturated carbocycles. The highest BCUT2D eigenvalue weighted by Crippen LogP contribution is 2.36. The number of nitrogens with one attached hydrogen (secondary N) is 2. The van der Waals surface area contributed by atoms with Crippen LogP contribution < -0.4 is 20.1 Å². The van der Waals surface area contributed by atoms with E-state index in [0.29, 0.717) is 41.8 Å². The van der Waals surface area contributed by atoms with Crippen LogP contribution in [0.3, 0.4) is 0 Å². The summed E-state index contributed by atoms with van der Waals surface area (Å²) in [6.45, 7) is 9.10. The van der Waals surface area contributed by atoms with Gasteiger partial charge in [-0.3, -0.25) is 4.79 Å². The van der Waals surface area contributed by atoms with Crippen molar-refractivity contribution in [1.29, 1.82) is 0 Å². The zero-order valence-corrected chi connectivity index (χ0v) is 14.3. The van der Waals surface area contributed by atoms with Gasteiger partial charge in [-0.05, 0) is 32.0 Å². The number of rotatable bonds is 10. The number of halogens is 1. The quantitative estimate of drug-likeness (QED) is 0.648. The lowest BCUT2D eigenvalue weighted by atomic mass is 10.2. The molecule has 2 N–H and O–H groups in total. The third-order valence-corrected chi connectivity index (χ3v) is 3.14. The van der Waals surface area contributed by atoms with E-state index in [4.69, 9.17) is 21.1 Å². The van der Waals surface area contributed by atoms with Crippen molar-refractivity contribution in [3.63, 3.8) is 0 Å². The first-order valence-electron chi connectivity index (χ1n) is 7.72. The second kappa shape index (κ2) is 10.3. The van der Waals surface area contributed by atoms with E-state index < -0.39 is 0 Å². The minimum atomic E-state index is -0.178. The molecule has 0 radical (unpaired) electrons. The summed E-state index contributed by atoms with van der Waals surface area (Å²) in [6.07, 6.45) is 0.870. The van der Waals surface area contributed by atoms with Crippen LogP contribution in [0.1, 0.15) is 37.6 Å². The summed E-state index contributed by atoms with van der Waals surface area (Å²) in [5, 5.41) is 6.37. The van der Waals surface area contributed by atoms with Gasteiger partial charge in [0.1, 0.15) is 0 Å². The molecule has 6 heteroatoms. The average Bonchev–Trinajstić information content (AvgIpc) is 2.50. The number of hydrogen-bond donors (Lipinski definition) is 2. The van der Waals surface area contributed by atoms with Gasteiger partial charge >= 0.3 is 0 Å². The maximum Gasteiger partial charge on any atom is 0.251 e. The molecule has 1 amide bonds. The summed E-state index contributed by atoms with van der Waals surface area (Å²) in [5.74, 6) is 0.817. The van der Waals surface area contributed by atoms with Crippen molar-refractivity contribution in [2.75, 3.05) is 32.8 Å². The van der Waals surface area contributed by atoms with Crippen molar-refractivity contribution in [3.8, 4) is 11.5 Å². The molecule has 0 heterocycles. The number of hydrogen-bond acceptors (Lipinski definition) is 4. The van der Waals surface area contributed by atoms with E-state index in [1.807, 2.05) is 20.8 Å². The van der Waals surface area contributed by atoms with Gasteiger partial charge in [-0.25, -0.2) is 0 Å². The summed E-state index contributed by atoms with van der Waals surface area (Å²) in [4.78, 5) is 12.1. The lowest BCUT2D eigenvalue weighted by Crippen LogP contribution is -2.31.